The van der Waals surface area contributed by atoms with E-state index in [2.05, 4.69) is 29.0 Å². The topological polar surface area (TPSA) is 41.6 Å². The van der Waals surface area contributed by atoms with Crippen LogP contribution in [0.15, 0.2) is 17.1 Å². The van der Waals surface area contributed by atoms with Gasteiger partial charge >= 0.3 is 0 Å². The Morgan fingerprint density at radius 1 is 1.10 bits per heavy atom. The van der Waals surface area contributed by atoms with E-state index < -0.39 is 0 Å². The van der Waals surface area contributed by atoms with Crippen molar-refractivity contribution in [2.45, 2.75) is 64.7 Å². The molecule has 0 saturated heterocycles. The predicted molar refractivity (Wildman–Crippen MR) is 89.3 cm³/mol. The van der Waals surface area contributed by atoms with Crippen molar-refractivity contribution in [3.8, 4) is 0 Å². The molecule has 0 radical (unpaired) electrons. The Balaban J connectivity index is 1.92. The van der Waals surface area contributed by atoms with Crippen LogP contribution >= 0.6 is 0 Å². The first-order valence-corrected chi connectivity index (χ1v) is 8.51. The number of aliphatic imine (C=N–C) groups is 1. The molecule has 0 aromatic carbocycles. The minimum Gasteiger partial charge on any atom is -0.357 e. The Labute approximate surface area is 125 Å². The van der Waals surface area contributed by atoms with Gasteiger partial charge in [-0.1, -0.05) is 44.8 Å². The second kappa shape index (κ2) is 12.0. The number of nitrogens with zero attached hydrogens (tertiary/aromatic N) is 2. The lowest BCUT2D eigenvalue weighted by Gasteiger charge is -2.19. The molecule has 0 atom stereocenters. The summed E-state index contributed by atoms with van der Waals surface area (Å²) in [7, 11) is 0. The predicted octanol–water partition coefficient (Wildman–Crippen LogP) is 3.75. The number of hydrogen-bond acceptors (Lipinski definition) is 3. The molecule has 0 fully saturated rings. The van der Waals surface area contributed by atoms with Gasteiger partial charge in [0.2, 0.25) is 0 Å². The van der Waals surface area contributed by atoms with Gasteiger partial charge in [0.1, 0.15) is 0 Å². The van der Waals surface area contributed by atoms with E-state index in [9.17, 15) is 0 Å². The van der Waals surface area contributed by atoms with Gasteiger partial charge in [-0.05, 0) is 25.7 Å². The third-order valence-electron chi connectivity index (χ3n) is 3.82. The molecule has 0 spiro atoms. The van der Waals surface area contributed by atoms with Crippen molar-refractivity contribution in [3.63, 3.8) is 0 Å². The van der Waals surface area contributed by atoms with Crippen LogP contribution in [0.2, 0.25) is 0 Å². The number of allylic oxidation sites excluding steroid dienone is 2. The van der Waals surface area contributed by atoms with Gasteiger partial charge in [-0.15, -0.1) is 0 Å². The molecular weight excluding hydrogens is 246 g/mol. The van der Waals surface area contributed by atoms with Crippen molar-refractivity contribution in [3.05, 3.63) is 12.2 Å². The lowest BCUT2D eigenvalue weighted by Crippen LogP contribution is -2.32. The largest absolute Gasteiger partial charge is 0.357 e. The van der Waals surface area contributed by atoms with Crippen LogP contribution in [0.1, 0.15) is 64.7 Å². The quantitative estimate of drug-likeness (QED) is 0.437. The van der Waals surface area contributed by atoms with Crippen molar-refractivity contribution in [1.29, 1.82) is 0 Å². The number of amidine groups is 1. The highest BCUT2D eigenvalue weighted by atomic mass is 15.2. The van der Waals surface area contributed by atoms with Gasteiger partial charge in [-0.25, -0.2) is 0 Å². The second-order valence-corrected chi connectivity index (χ2v) is 5.64. The van der Waals surface area contributed by atoms with Gasteiger partial charge in [-0.2, -0.15) is 0 Å². The van der Waals surface area contributed by atoms with Crippen LogP contribution in [0.3, 0.4) is 0 Å². The summed E-state index contributed by atoms with van der Waals surface area (Å²) in [6.45, 7) is 6.00. The van der Waals surface area contributed by atoms with Gasteiger partial charge in [0.15, 0.2) is 0 Å². The zero-order valence-corrected chi connectivity index (χ0v) is 13.3. The van der Waals surface area contributed by atoms with Crippen LogP contribution in [-0.2, 0) is 0 Å². The summed E-state index contributed by atoms with van der Waals surface area (Å²) in [5, 5.41) is 0. The summed E-state index contributed by atoms with van der Waals surface area (Å²) >= 11 is 0. The number of hydrogen-bond donors (Lipinski definition) is 1. The lowest BCUT2D eigenvalue weighted by atomic mass is 10.1. The van der Waals surface area contributed by atoms with E-state index >= 15 is 0 Å². The zero-order chi connectivity index (χ0) is 14.5. The smallest absolute Gasteiger partial charge is 0.0990 e. The van der Waals surface area contributed by atoms with Crippen molar-refractivity contribution in [2.75, 3.05) is 26.2 Å². The number of unbranched alkanes of at least 4 members (excludes halogenated alkanes) is 6. The van der Waals surface area contributed by atoms with E-state index in [1.54, 1.807) is 0 Å². The molecule has 0 saturated carbocycles. The van der Waals surface area contributed by atoms with E-state index in [4.69, 9.17) is 5.73 Å². The van der Waals surface area contributed by atoms with Crippen LogP contribution in [0.25, 0.3) is 0 Å². The number of rotatable bonds is 12. The maximum absolute atomic E-state index is 5.62. The SMILES string of the molecule is CCC/C=C/CCCCCCCC1=NCCN1CCN. The van der Waals surface area contributed by atoms with E-state index in [-0.39, 0.29) is 0 Å². The molecule has 3 heteroatoms. The first-order chi connectivity index (χ1) is 9.88. The molecule has 1 rings (SSSR count). The molecule has 3 nitrogen and oxygen atoms in total. The van der Waals surface area contributed by atoms with E-state index in [0.717, 1.165) is 32.6 Å². The Bertz CT molecular complexity index is 284. The van der Waals surface area contributed by atoms with Crippen LogP contribution in [0.5, 0.6) is 0 Å². The minimum atomic E-state index is 0.741. The highest BCUT2D eigenvalue weighted by molar-refractivity contribution is 5.83. The van der Waals surface area contributed by atoms with Gasteiger partial charge in [0.05, 0.1) is 12.4 Å². The van der Waals surface area contributed by atoms with E-state index in [1.807, 2.05) is 0 Å². The molecule has 1 heterocycles. The molecule has 0 unspecified atom stereocenters. The standard InChI is InChI=1S/C17H33N3/c1-2-3-4-5-6-7-8-9-10-11-12-17-19-14-16-20(17)15-13-18/h4-5H,2-3,6-16,18H2,1H3/b5-4+. The van der Waals surface area contributed by atoms with Gasteiger partial charge < -0.3 is 10.6 Å². The van der Waals surface area contributed by atoms with E-state index in [1.165, 1.54) is 57.2 Å². The van der Waals surface area contributed by atoms with Crippen molar-refractivity contribution >= 4 is 5.84 Å². The normalized spacial score (nSPS) is 15.3. The van der Waals surface area contributed by atoms with Crippen LogP contribution in [0.4, 0.5) is 0 Å². The van der Waals surface area contributed by atoms with Gasteiger partial charge in [-0.3, -0.25) is 4.99 Å². The molecule has 1 aliphatic rings. The zero-order valence-electron chi connectivity index (χ0n) is 13.3. The average Bonchev–Trinajstić information content (AvgIpc) is 2.89. The summed E-state index contributed by atoms with van der Waals surface area (Å²) in [6.07, 6.45) is 16.3. The Hall–Kier alpha value is -0.830. The summed E-state index contributed by atoms with van der Waals surface area (Å²) in [5.74, 6) is 1.30. The van der Waals surface area contributed by atoms with Crippen molar-refractivity contribution in [1.82, 2.24) is 4.90 Å². The van der Waals surface area contributed by atoms with E-state index in [0.29, 0.717) is 0 Å². The molecule has 0 bridgehead atoms. The molecular formula is C17H33N3. The first-order valence-electron chi connectivity index (χ1n) is 8.51. The molecule has 0 aromatic heterocycles. The molecule has 1 aliphatic heterocycles. The lowest BCUT2D eigenvalue weighted by molar-refractivity contribution is 0.456. The fourth-order valence-corrected chi connectivity index (χ4v) is 2.64. The third kappa shape index (κ3) is 7.68. The second-order valence-electron chi connectivity index (χ2n) is 5.64. The van der Waals surface area contributed by atoms with Crippen molar-refractivity contribution < 1.29 is 0 Å². The fraction of sp³-hybridized carbons (Fsp3) is 0.824. The molecule has 2 N–H and O–H groups in total. The first kappa shape index (κ1) is 17.2. The van der Waals surface area contributed by atoms with Gasteiger partial charge in [0, 0.05) is 26.1 Å². The summed E-state index contributed by atoms with van der Waals surface area (Å²) in [6, 6.07) is 0. The van der Waals surface area contributed by atoms with Crippen LogP contribution in [-0.4, -0.2) is 36.9 Å². The van der Waals surface area contributed by atoms with Gasteiger partial charge in [0.25, 0.3) is 0 Å². The van der Waals surface area contributed by atoms with Crippen LogP contribution in [0, 0.1) is 0 Å². The summed E-state index contributed by atoms with van der Waals surface area (Å²) in [4.78, 5) is 6.95. The summed E-state index contributed by atoms with van der Waals surface area (Å²) < 4.78 is 0. The minimum absolute atomic E-state index is 0.741. The monoisotopic (exact) mass is 279 g/mol. The Morgan fingerprint density at radius 2 is 1.85 bits per heavy atom. The Kier molecular flexibility index (Phi) is 10.3. The molecule has 116 valence electrons. The molecule has 0 amide bonds. The molecule has 0 aromatic rings. The average molecular weight is 279 g/mol. The van der Waals surface area contributed by atoms with Crippen molar-refractivity contribution in [2.24, 2.45) is 10.7 Å². The highest BCUT2D eigenvalue weighted by Gasteiger charge is 2.14. The number of nitrogens with two attached hydrogens (primary N) is 1. The third-order valence-corrected chi connectivity index (χ3v) is 3.82. The maximum atomic E-state index is 5.62. The van der Waals surface area contributed by atoms with Crippen LogP contribution < -0.4 is 5.73 Å². The summed E-state index contributed by atoms with van der Waals surface area (Å²) in [5.41, 5.74) is 5.62. The maximum Gasteiger partial charge on any atom is 0.0990 e. The fourth-order valence-electron chi connectivity index (χ4n) is 2.64. The highest BCUT2D eigenvalue weighted by Crippen LogP contribution is 2.12. The Morgan fingerprint density at radius 3 is 2.65 bits per heavy atom. The molecule has 0 aliphatic carbocycles. The molecule has 20 heavy (non-hydrogen) atoms.